The minimum absolute atomic E-state index is 0.119. The summed E-state index contributed by atoms with van der Waals surface area (Å²) >= 11 is 2.70. The molecule has 0 aliphatic heterocycles. The molecule has 118 valence electrons. The zero-order valence-electron chi connectivity index (χ0n) is 11.1. The number of sulfonamides is 1. The molecule has 1 rings (SSSR count). The number of primary sulfonamides is 1. The molecule has 0 aromatic heterocycles. The number of nitrogens with two attached hydrogens (primary N) is 1. The van der Waals surface area contributed by atoms with Crippen molar-refractivity contribution in [3.8, 4) is 0 Å². The molecule has 1 atom stereocenters. The minimum Gasteiger partial charge on any atom is -0.383 e. The topological polar surface area (TPSA) is 98.5 Å². The Bertz CT molecular complexity index is 667. The molecule has 0 aliphatic carbocycles. The Balaban J connectivity index is 3.34. The van der Waals surface area contributed by atoms with Gasteiger partial charge in [0, 0.05) is 17.6 Å². The minimum atomic E-state index is -4.47. The van der Waals surface area contributed by atoms with Crippen LogP contribution >= 0.6 is 15.9 Å². The van der Waals surface area contributed by atoms with E-state index in [1.807, 2.05) is 0 Å². The number of benzene rings is 1. The number of carbonyl (C=O) groups is 1. The molecule has 1 amide bonds. The Hall–Kier alpha value is -1.10. The van der Waals surface area contributed by atoms with Crippen molar-refractivity contribution in [2.45, 2.75) is 17.9 Å². The fraction of sp³-hybridized carbons (Fsp3) is 0.364. The molecule has 0 bridgehead atoms. The van der Waals surface area contributed by atoms with Crippen molar-refractivity contribution in [3.63, 3.8) is 0 Å². The van der Waals surface area contributed by atoms with E-state index in [-0.39, 0.29) is 6.61 Å². The molecule has 10 heteroatoms. The lowest BCUT2D eigenvalue weighted by molar-refractivity contribution is 0.0896. The molecule has 3 N–H and O–H groups in total. The fourth-order valence-corrected chi connectivity index (χ4v) is 3.36. The first-order chi connectivity index (χ1) is 9.59. The number of methoxy groups -OCH3 is 1. The van der Waals surface area contributed by atoms with E-state index in [1.165, 1.54) is 7.11 Å². The maximum absolute atomic E-state index is 14.2. The SMILES string of the molecule is COCC(C)NC(=O)c1c(F)cc(Br)c(S(N)(=O)=O)c1F. The smallest absolute Gasteiger partial charge is 0.257 e. The van der Waals surface area contributed by atoms with Crippen molar-refractivity contribution in [1.29, 1.82) is 0 Å². The fourth-order valence-electron chi connectivity index (χ4n) is 1.63. The normalized spacial score (nSPS) is 13.0. The molecule has 0 radical (unpaired) electrons. The van der Waals surface area contributed by atoms with E-state index in [4.69, 9.17) is 9.88 Å². The number of halogens is 3. The lowest BCUT2D eigenvalue weighted by atomic mass is 10.1. The van der Waals surface area contributed by atoms with Gasteiger partial charge in [-0.25, -0.2) is 22.3 Å². The Morgan fingerprint density at radius 3 is 2.57 bits per heavy atom. The molecule has 1 aromatic carbocycles. The van der Waals surface area contributed by atoms with Crippen LogP contribution in [-0.2, 0) is 14.8 Å². The molecule has 0 fully saturated rings. The average molecular weight is 387 g/mol. The summed E-state index contributed by atoms with van der Waals surface area (Å²) in [6.07, 6.45) is 0. The van der Waals surface area contributed by atoms with Gasteiger partial charge >= 0.3 is 0 Å². The highest BCUT2D eigenvalue weighted by Crippen LogP contribution is 2.28. The Morgan fingerprint density at radius 1 is 1.52 bits per heavy atom. The third-order valence-electron chi connectivity index (χ3n) is 2.43. The highest BCUT2D eigenvalue weighted by Gasteiger charge is 2.28. The van der Waals surface area contributed by atoms with E-state index in [2.05, 4.69) is 21.2 Å². The zero-order valence-corrected chi connectivity index (χ0v) is 13.5. The van der Waals surface area contributed by atoms with Gasteiger partial charge in [0.1, 0.15) is 16.3 Å². The number of rotatable bonds is 5. The van der Waals surface area contributed by atoms with Crippen LogP contribution in [0.5, 0.6) is 0 Å². The van der Waals surface area contributed by atoms with Gasteiger partial charge in [0.25, 0.3) is 5.91 Å². The summed E-state index contributed by atoms with van der Waals surface area (Å²) in [6, 6.07) is 0.140. The summed E-state index contributed by atoms with van der Waals surface area (Å²) in [5.41, 5.74) is -1.02. The van der Waals surface area contributed by atoms with E-state index in [9.17, 15) is 22.0 Å². The second-order valence-corrected chi connectivity index (χ2v) is 6.59. The monoisotopic (exact) mass is 386 g/mol. The van der Waals surface area contributed by atoms with Gasteiger partial charge in [-0.1, -0.05) is 0 Å². The van der Waals surface area contributed by atoms with Crippen molar-refractivity contribution in [2.75, 3.05) is 13.7 Å². The standard InChI is InChI=1S/C11H13BrF2N2O4S/c1-5(4-20-2)16-11(17)8-7(13)3-6(12)10(9(8)14)21(15,18)19/h3,5H,4H2,1-2H3,(H,16,17)(H2,15,18,19). The first-order valence-corrected chi connectivity index (χ1v) is 7.93. The third-order valence-corrected chi connectivity index (χ3v) is 4.29. The summed E-state index contributed by atoms with van der Waals surface area (Å²) in [4.78, 5) is 10.9. The van der Waals surface area contributed by atoms with Crippen LogP contribution in [0.4, 0.5) is 8.78 Å². The van der Waals surface area contributed by atoms with Crippen molar-refractivity contribution in [2.24, 2.45) is 5.14 Å². The van der Waals surface area contributed by atoms with Crippen LogP contribution in [0.15, 0.2) is 15.4 Å². The molecule has 21 heavy (non-hydrogen) atoms. The number of hydrogen-bond donors (Lipinski definition) is 2. The summed E-state index contributed by atoms with van der Waals surface area (Å²) < 4.78 is 54.9. The summed E-state index contributed by atoms with van der Waals surface area (Å²) in [5, 5.41) is 7.14. The number of ether oxygens (including phenoxy) is 1. The number of amides is 1. The second-order valence-electron chi connectivity index (χ2n) is 4.23. The predicted octanol–water partition coefficient (Wildman–Crippen LogP) is 1.14. The van der Waals surface area contributed by atoms with Gasteiger partial charge in [-0.15, -0.1) is 0 Å². The first-order valence-electron chi connectivity index (χ1n) is 5.59. The van der Waals surface area contributed by atoms with Crippen LogP contribution < -0.4 is 10.5 Å². The Labute approximate surface area is 128 Å². The predicted molar refractivity (Wildman–Crippen MR) is 74.2 cm³/mol. The Kier molecular flexibility index (Phi) is 5.79. The van der Waals surface area contributed by atoms with Crippen LogP contribution in [0, 0.1) is 11.6 Å². The molecule has 0 saturated carbocycles. The van der Waals surface area contributed by atoms with Crippen molar-refractivity contribution in [3.05, 3.63) is 27.7 Å². The van der Waals surface area contributed by atoms with Gasteiger partial charge in [0.05, 0.1) is 6.61 Å². The molecule has 0 saturated heterocycles. The summed E-state index contributed by atoms with van der Waals surface area (Å²) in [5.74, 6) is -3.87. The molecular formula is C11H13BrF2N2O4S. The highest BCUT2D eigenvalue weighted by atomic mass is 79.9. The van der Waals surface area contributed by atoms with Crippen molar-refractivity contribution in [1.82, 2.24) is 5.32 Å². The summed E-state index contributed by atoms with van der Waals surface area (Å²) in [6.45, 7) is 1.67. The summed E-state index contributed by atoms with van der Waals surface area (Å²) in [7, 11) is -3.08. The van der Waals surface area contributed by atoms with Crippen LogP contribution in [-0.4, -0.2) is 34.1 Å². The van der Waals surface area contributed by atoms with E-state index >= 15 is 0 Å². The molecule has 0 heterocycles. The Morgan fingerprint density at radius 2 is 2.10 bits per heavy atom. The van der Waals surface area contributed by atoms with Gasteiger partial charge in [-0.2, -0.15) is 0 Å². The molecule has 6 nitrogen and oxygen atoms in total. The second kappa shape index (κ2) is 6.77. The average Bonchev–Trinajstić information content (AvgIpc) is 2.25. The van der Waals surface area contributed by atoms with Crippen LogP contribution in [0.3, 0.4) is 0 Å². The largest absolute Gasteiger partial charge is 0.383 e. The van der Waals surface area contributed by atoms with Gasteiger partial charge in [-0.05, 0) is 28.9 Å². The lowest BCUT2D eigenvalue weighted by Crippen LogP contribution is -2.37. The molecular weight excluding hydrogens is 374 g/mol. The van der Waals surface area contributed by atoms with Crippen LogP contribution in [0.1, 0.15) is 17.3 Å². The van der Waals surface area contributed by atoms with E-state index in [0.717, 1.165) is 0 Å². The van der Waals surface area contributed by atoms with Crippen molar-refractivity contribution >= 4 is 31.9 Å². The highest BCUT2D eigenvalue weighted by molar-refractivity contribution is 9.10. The number of nitrogens with one attached hydrogen (secondary N) is 1. The molecule has 1 aromatic rings. The number of carbonyl (C=O) groups excluding carboxylic acids is 1. The zero-order chi connectivity index (χ0) is 16.4. The van der Waals surface area contributed by atoms with Gasteiger partial charge < -0.3 is 10.1 Å². The van der Waals surface area contributed by atoms with Crippen molar-refractivity contribution < 1.29 is 26.7 Å². The van der Waals surface area contributed by atoms with Crippen LogP contribution in [0.2, 0.25) is 0 Å². The quantitative estimate of drug-likeness (QED) is 0.792. The maximum Gasteiger partial charge on any atom is 0.257 e. The van der Waals surface area contributed by atoms with Gasteiger partial charge in [0.15, 0.2) is 5.82 Å². The molecule has 0 aliphatic rings. The van der Waals surface area contributed by atoms with Gasteiger partial charge in [0.2, 0.25) is 10.0 Å². The lowest BCUT2D eigenvalue weighted by Gasteiger charge is -2.15. The van der Waals surface area contributed by atoms with E-state index < -0.39 is 48.5 Å². The maximum atomic E-state index is 14.2. The van der Waals surface area contributed by atoms with Gasteiger partial charge in [-0.3, -0.25) is 4.79 Å². The van der Waals surface area contributed by atoms with E-state index in [0.29, 0.717) is 6.07 Å². The first kappa shape index (κ1) is 18.0. The molecule has 0 spiro atoms. The van der Waals surface area contributed by atoms with E-state index in [1.54, 1.807) is 6.92 Å². The van der Waals surface area contributed by atoms with Crippen LogP contribution in [0.25, 0.3) is 0 Å². The number of hydrogen-bond acceptors (Lipinski definition) is 4. The third kappa shape index (κ3) is 4.19. The molecule has 1 unspecified atom stereocenters.